The lowest BCUT2D eigenvalue weighted by Crippen LogP contribution is -2.44. The van der Waals surface area contributed by atoms with Crippen molar-refractivity contribution >= 4 is 17.4 Å². The van der Waals surface area contributed by atoms with E-state index in [9.17, 15) is 9.59 Å². The van der Waals surface area contributed by atoms with Crippen LogP contribution in [0.3, 0.4) is 0 Å². The van der Waals surface area contributed by atoms with Gasteiger partial charge in [0.25, 0.3) is 11.8 Å². The Hall–Kier alpha value is -2.18. The van der Waals surface area contributed by atoms with Gasteiger partial charge >= 0.3 is 0 Å². The van der Waals surface area contributed by atoms with E-state index in [1.807, 2.05) is 43.1 Å². The summed E-state index contributed by atoms with van der Waals surface area (Å²) >= 11 is 0. The van der Waals surface area contributed by atoms with E-state index in [1.54, 1.807) is 7.11 Å². The average molecular weight is 371 g/mol. The van der Waals surface area contributed by atoms with Gasteiger partial charge in [-0.1, -0.05) is 29.8 Å². The zero-order chi connectivity index (χ0) is 19.6. The van der Waals surface area contributed by atoms with Crippen molar-refractivity contribution in [2.75, 3.05) is 47.4 Å². The molecule has 3 rings (SSSR count). The molecule has 0 saturated carbocycles. The van der Waals surface area contributed by atoms with Gasteiger partial charge in [0.05, 0.1) is 18.7 Å². The molecule has 27 heavy (non-hydrogen) atoms. The Balaban J connectivity index is 1.98. The quantitative estimate of drug-likeness (QED) is 0.713. The fourth-order valence-corrected chi connectivity index (χ4v) is 3.82. The third-order valence-electron chi connectivity index (χ3n) is 5.59. The van der Waals surface area contributed by atoms with E-state index in [4.69, 9.17) is 4.74 Å². The second-order valence-electron chi connectivity index (χ2n) is 7.49. The van der Waals surface area contributed by atoms with Gasteiger partial charge in [-0.25, -0.2) is 0 Å². The molecule has 0 N–H and O–H groups in total. The fourth-order valence-electron chi connectivity index (χ4n) is 3.82. The van der Waals surface area contributed by atoms with Crippen molar-refractivity contribution < 1.29 is 14.3 Å². The molecule has 2 aliphatic rings. The first-order valence-corrected chi connectivity index (χ1v) is 9.52. The fraction of sp³-hybridized carbons (Fsp3) is 0.524. The Bertz CT molecular complexity index is 734. The average Bonchev–Trinajstić information content (AvgIpc) is 2.91. The van der Waals surface area contributed by atoms with E-state index >= 15 is 0 Å². The minimum atomic E-state index is -0.226. The minimum Gasteiger partial charge on any atom is -0.383 e. The molecule has 0 unspecified atom stereocenters. The smallest absolute Gasteiger partial charge is 0.277 e. The molecule has 1 aromatic carbocycles. The summed E-state index contributed by atoms with van der Waals surface area (Å²) in [6.45, 7) is 4.61. The van der Waals surface area contributed by atoms with Gasteiger partial charge in [-0.05, 0) is 45.5 Å². The van der Waals surface area contributed by atoms with Crippen molar-refractivity contribution in [3.8, 4) is 0 Å². The van der Waals surface area contributed by atoms with Gasteiger partial charge in [0.2, 0.25) is 0 Å². The molecule has 0 aliphatic carbocycles. The lowest BCUT2D eigenvalue weighted by Gasteiger charge is -2.36. The van der Waals surface area contributed by atoms with Gasteiger partial charge in [0.1, 0.15) is 5.70 Å². The normalized spacial score (nSPS) is 19.3. The van der Waals surface area contributed by atoms with E-state index in [0.29, 0.717) is 17.9 Å². The lowest BCUT2D eigenvalue weighted by molar-refractivity contribution is -0.138. The predicted octanol–water partition coefficient (Wildman–Crippen LogP) is 1.75. The van der Waals surface area contributed by atoms with Crippen LogP contribution in [0.25, 0.3) is 5.57 Å². The number of piperidine rings is 1. The van der Waals surface area contributed by atoms with Crippen LogP contribution in [0.1, 0.15) is 24.0 Å². The second-order valence-corrected chi connectivity index (χ2v) is 7.49. The van der Waals surface area contributed by atoms with Gasteiger partial charge in [0, 0.05) is 20.2 Å². The van der Waals surface area contributed by atoms with Crippen molar-refractivity contribution in [3.63, 3.8) is 0 Å². The molecule has 0 radical (unpaired) electrons. The number of imide groups is 1. The minimum absolute atomic E-state index is 0.214. The number of benzene rings is 1. The standard InChI is InChI=1S/C21H29N3O3/c1-15-5-7-16(8-6-15)18-19(21(26)24(20(18)25)13-14-27-4)23(3)17-9-11-22(2)12-10-17/h5-8,17H,9-14H2,1-4H3. The number of hydrogen-bond acceptors (Lipinski definition) is 5. The van der Waals surface area contributed by atoms with E-state index < -0.39 is 0 Å². The van der Waals surface area contributed by atoms with Crippen molar-refractivity contribution in [3.05, 3.63) is 41.1 Å². The Kier molecular flexibility index (Phi) is 5.97. The van der Waals surface area contributed by atoms with Crippen LogP contribution in [0.5, 0.6) is 0 Å². The van der Waals surface area contributed by atoms with Crippen molar-refractivity contribution in [2.45, 2.75) is 25.8 Å². The summed E-state index contributed by atoms with van der Waals surface area (Å²) in [6, 6.07) is 8.07. The van der Waals surface area contributed by atoms with Crippen LogP contribution in [0.15, 0.2) is 30.0 Å². The number of ether oxygens (including phenoxy) is 1. The summed E-state index contributed by atoms with van der Waals surface area (Å²) in [6.07, 6.45) is 1.97. The molecule has 2 aliphatic heterocycles. The van der Waals surface area contributed by atoms with Crippen LogP contribution in [-0.2, 0) is 14.3 Å². The zero-order valence-electron chi connectivity index (χ0n) is 16.7. The number of amides is 2. The molecule has 146 valence electrons. The molecule has 1 saturated heterocycles. The molecule has 0 atom stereocenters. The number of rotatable bonds is 6. The first-order valence-electron chi connectivity index (χ1n) is 9.52. The Labute approximate surface area is 161 Å². The number of aryl methyl sites for hydroxylation is 1. The molecular formula is C21H29N3O3. The summed E-state index contributed by atoms with van der Waals surface area (Å²) in [5, 5.41) is 0. The maximum atomic E-state index is 13.2. The molecule has 1 fully saturated rings. The van der Waals surface area contributed by atoms with E-state index in [2.05, 4.69) is 11.9 Å². The summed E-state index contributed by atoms with van der Waals surface area (Å²) < 4.78 is 5.10. The number of methoxy groups -OCH3 is 1. The van der Waals surface area contributed by atoms with Crippen LogP contribution >= 0.6 is 0 Å². The van der Waals surface area contributed by atoms with Gasteiger partial charge in [0.15, 0.2) is 0 Å². The SMILES string of the molecule is COCCN1C(=O)C(c2ccc(C)cc2)=C(N(C)C2CCN(C)CC2)C1=O. The number of likely N-dealkylation sites (tertiary alicyclic amines) is 1. The van der Waals surface area contributed by atoms with Gasteiger partial charge in [-0.3, -0.25) is 14.5 Å². The Morgan fingerprint density at radius 1 is 1.11 bits per heavy atom. The van der Waals surface area contributed by atoms with Crippen LogP contribution < -0.4 is 0 Å². The van der Waals surface area contributed by atoms with E-state index in [1.165, 1.54) is 4.90 Å². The summed E-state index contributed by atoms with van der Waals surface area (Å²) in [7, 11) is 5.64. The largest absolute Gasteiger partial charge is 0.383 e. The molecular weight excluding hydrogens is 342 g/mol. The van der Waals surface area contributed by atoms with Crippen LogP contribution in [0.4, 0.5) is 0 Å². The van der Waals surface area contributed by atoms with Crippen molar-refractivity contribution in [1.29, 1.82) is 0 Å². The van der Waals surface area contributed by atoms with Gasteiger partial charge in [-0.15, -0.1) is 0 Å². The molecule has 0 aromatic heterocycles. The topological polar surface area (TPSA) is 53.1 Å². The summed E-state index contributed by atoms with van der Waals surface area (Å²) in [4.78, 5) is 31.9. The Morgan fingerprint density at radius 2 is 1.74 bits per heavy atom. The second kappa shape index (κ2) is 8.23. The summed E-state index contributed by atoms with van der Waals surface area (Å²) in [5.74, 6) is -0.440. The number of hydrogen-bond donors (Lipinski definition) is 0. The highest BCUT2D eigenvalue weighted by Gasteiger charge is 2.42. The first-order chi connectivity index (χ1) is 12.9. The van der Waals surface area contributed by atoms with Crippen LogP contribution in [0.2, 0.25) is 0 Å². The van der Waals surface area contributed by atoms with Crippen molar-refractivity contribution in [2.24, 2.45) is 0 Å². The molecule has 0 spiro atoms. The molecule has 0 bridgehead atoms. The highest BCUT2D eigenvalue weighted by molar-refractivity contribution is 6.35. The molecule has 2 amide bonds. The third kappa shape index (κ3) is 3.92. The molecule has 2 heterocycles. The first kappa shape index (κ1) is 19.6. The predicted molar refractivity (Wildman–Crippen MR) is 105 cm³/mol. The highest BCUT2D eigenvalue weighted by Crippen LogP contribution is 2.33. The number of nitrogens with zero attached hydrogens (tertiary/aromatic N) is 3. The van der Waals surface area contributed by atoms with E-state index in [0.717, 1.165) is 37.1 Å². The molecule has 6 nitrogen and oxygen atoms in total. The lowest BCUT2D eigenvalue weighted by atomic mass is 9.99. The summed E-state index contributed by atoms with van der Waals surface area (Å²) in [5.41, 5.74) is 2.96. The number of carbonyl (C=O) groups is 2. The monoisotopic (exact) mass is 371 g/mol. The van der Waals surface area contributed by atoms with Gasteiger partial charge < -0.3 is 14.5 Å². The van der Waals surface area contributed by atoms with Crippen LogP contribution in [-0.4, -0.2) is 80.0 Å². The van der Waals surface area contributed by atoms with Crippen molar-refractivity contribution in [1.82, 2.24) is 14.7 Å². The number of likely N-dealkylation sites (N-methyl/N-ethyl adjacent to an activating group) is 1. The van der Waals surface area contributed by atoms with Crippen LogP contribution in [0, 0.1) is 6.92 Å². The van der Waals surface area contributed by atoms with E-state index in [-0.39, 0.29) is 24.4 Å². The Morgan fingerprint density at radius 3 is 2.33 bits per heavy atom. The highest BCUT2D eigenvalue weighted by atomic mass is 16.5. The zero-order valence-corrected chi connectivity index (χ0v) is 16.7. The molecule has 1 aromatic rings. The molecule has 6 heteroatoms. The maximum Gasteiger partial charge on any atom is 0.277 e. The third-order valence-corrected chi connectivity index (χ3v) is 5.59. The number of carbonyl (C=O) groups excluding carboxylic acids is 2. The van der Waals surface area contributed by atoms with Gasteiger partial charge in [-0.2, -0.15) is 0 Å². The maximum absolute atomic E-state index is 13.2.